The van der Waals surface area contributed by atoms with Gasteiger partial charge >= 0.3 is 5.97 Å². The molecule has 0 bridgehead atoms. The van der Waals surface area contributed by atoms with E-state index < -0.39 is 0 Å². The van der Waals surface area contributed by atoms with E-state index in [1.165, 1.54) is 18.1 Å². The SMILES string of the molecule is CNCC(=O)OCc1cccnc1N(C)C=O.COCOc1cc(CC(C)[C@H](C)Cc2ccc(O)c(O)c2)ccc1O. The monoisotopic (exact) mass is 583 g/mol. The molecule has 0 spiro atoms. The highest BCUT2D eigenvalue weighted by molar-refractivity contribution is 5.74. The number of rotatable bonds is 14. The molecule has 11 nitrogen and oxygen atoms in total. The lowest BCUT2D eigenvalue weighted by molar-refractivity contribution is -0.143. The first-order valence-electron chi connectivity index (χ1n) is 13.5. The molecular weight excluding hydrogens is 542 g/mol. The molecule has 3 aromatic rings. The number of benzene rings is 2. The van der Waals surface area contributed by atoms with Crippen LogP contribution in [-0.2, 0) is 38.5 Å². The van der Waals surface area contributed by atoms with Crippen molar-refractivity contribution < 1.29 is 39.1 Å². The summed E-state index contributed by atoms with van der Waals surface area (Å²) in [7, 11) is 4.79. The standard InChI is InChI=1S/C20H26O5.C11H15N3O3/c1-13(8-15-4-6-17(21)19(23)10-15)14(2)9-16-5-7-18(22)20(11-16)25-12-24-3;1-12-6-10(16)17-7-9-4-3-5-13-11(9)14(2)8-15/h4-7,10-11,13-14,21-23H,8-9,12H2,1-3H3;3-5,8,12H,6-7H2,1-2H3/t13-,14?;/m1./s1. The van der Waals surface area contributed by atoms with Gasteiger partial charge in [-0.05, 0) is 73.2 Å². The van der Waals surface area contributed by atoms with Crippen LogP contribution in [0.3, 0.4) is 0 Å². The van der Waals surface area contributed by atoms with Crippen LogP contribution in [0.1, 0.15) is 30.5 Å². The molecule has 0 aliphatic heterocycles. The van der Waals surface area contributed by atoms with Gasteiger partial charge < -0.3 is 39.7 Å². The second-order valence-corrected chi connectivity index (χ2v) is 9.93. The van der Waals surface area contributed by atoms with Crippen molar-refractivity contribution in [2.75, 3.05) is 39.4 Å². The minimum absolute atomic E-state index is 0.0872. The molecule has 0 radical (unpaired) electrons. The lowest BCUT2D eigenvalue weighted by Gasteiger charge is -2.21. The largest absolute Gasteiger partial charge is 0.504 e. The van der Waals surface area contributed by atoms with Gasteiger partial charge in [0.25, 0.3) is 0 Å². The molecule has 1 unspecified atom stereocenters. The number of ether oxygens (including phenoxy) is 3. The molecule has 0 fully saturated rings. The van der Waals surface area contributed by atoms with E-state index in [4.69, 9.17) is 14.2 Å². The molecule has 2 aromatic carbocycles. The third-order valence-corrected chi connectivity index (χ3v) is 6.55. The van der Waals surface area contributed by atoms with Gasteiger partial charge in [-0.2, -0.15) is 0 Å². The summed E-state index contributed by atoms with van der Waals surface area (Å²) in [5.41, 5.74) is 2.76. The number of nitrogens with zero attached hydrogens (tertiary/aromatic N) is 2. The summed E-state index contributed by atoms with van der Waals surface area (Å²) in [6, 6.07) is 13.8. The van der Waals surface area contributed by atoms with E-state index in [9.17, 15) is 24.9 Å². The highest BCUT2D eigenvalue weighted by Crippen LogP contribution is 2.31. The van der Waals surface area contributed by atoms with Crippen LogP contribution in [0.5, 0.6) is 23.0 Å². The van der Waals surface area contributed by atoms with Crippen LogP contribution < -0.4 is 15.0 Å². The number of pyridine rings is 1. The Balaban J connectivity index is 0.000000317. The molecule has 0 saturated carbocycles. The van der Waals surface area contributed by atoms with Crippen LogP contribution in [-0.4, -0.2) is 67.2 Å². The Labute approximate surface area is 246 Å². The molecule has 0 aliphatic carbocycles. The Hall–Kier alpha value is -4.35. The number of aromatic hydroxyl groups is 3. The summed E-state index contributed by atoms with van der Waals surface area (Å²) >= 11 is 0. The van der Waals surface area contributed by atoms with Gasteiger partial charge in [-0.1, -0.05) is 32.0 Å². The second kappa shape index (κ2) is 17.5. The van der Waals surface area contributed by atoms with Crippen molar-refractivity contribution in [2.45, 2.75) is 33.3 Å². The fraction of sp³-hybridized carbons (Fsp3) is 0.387. The van der Waals surface area contributed by atoms with Gasteiger partial charge in [0.1, 0.15) is 12.4 Å². The molecule has 11 heteroatoms. The number of methoxy groups -OCH3 is 1. The Morgan fingerprint density at radius 2 is 1.64 bits per heavy atom. The highest BCUT2D eigenvalue weighted by Gasteiger charge is 2.16. The van der Waals surface area contributed by atoms with Crippen LogP contribution in [0, 0.1) is 11.8 Å². The van der Waals surface area contributed by atoms with Crippen LogP contribution in [0.2, 0.25) is 0 Å². The summed E-state index contributed by atoms with van der Waals surface area (Å²) in [5, 5.41) is 31.5. The summed E-state index contributed by atoms with van der Waals surface area (Å²) in [5.74, 6) is 1.23. The number of phenols is 3. The topological polar surface area (TPSA) is 151 Å². The number of anilines is 1. The minimum atomic E-state index is -0.351. The van der Waals surface area contributed by atoms with Crippen molar-refractivity contribution in [3.05, 3.63) is 71.4 Å². The minimum Gasteiger partial charge on any atom is -0.504 e. The third kappa shape index (κ3) is 10.9. The first-order chi connectivity index (χ1) is 20.1. The van der Waals surface area contributed by atoms with Crippen LogP contribution >= 0.6 is 0 Å². The molecule has 3 rings (SSSR count). The molecule has 4 N–H and O–H groups in total. The molecule has 1 amide bonds. The number of amides is 1. The molecule has 2 atom stereocenters. The van der Waals surface area contributed by atoms with E-state index in [0.717, 1.165) is 24.0 Å². The van der Waals surface area contributed by atoms with Crippen molar-refractivity contribution in [3.8, 4) is 23.0 Å². The van der Waals surface area contributed by atoms with Crippen LogP contribution in [0.25, 0.3) is 0 Å². The summed E-state index contributed by atoms with van der Waals surface area (Å²) < 4.78 is 15.3. The van der Waals surface area contributed by atoms with Gasteiger partial charge in [0.15, 0.2) is 29.8 Å². The third-order valence-electron chi connectivity index (χ3n) is 6.55. The number of hydrogen-bond donors (Lipinski definition) is 4. The first-order valence-corrected chi connectivity index (χ1v) is 13.5. The Bertz CT molecular complexity index is 1290. The van der Waals surface area contributed by atoms with Gasteiger partial charge in [0, 0.05) is 25.9 Å². The average molecular weight is 584 g/mol. The number of hydrogen-bond acceptors (Lipinski definition) is 10. The predicted molar refractivity (Wildman–Crippen MR) is 159 cm³/mol. The number of nitrogens with one attached hydrogen (secondary N) is 1. The average Bonchev–Trinajstić information content (AvgIpc) is 2.98. The molecule has 1 aromatic heterocycles. The molecular formula is C31H41N3O8. The van der Waals surface area contributed by atoms with E-state index in [0.29, 0.717) is 35.4 Å². The van der Waals surface area contributed by atoms with E-state index in [-0.39, 0.29) is 43.2 Å². The summed E-state index contributed by atoms with van der Waals surface area (Å²) in [6.45, 7) is 4.68. The van der Waals surface area contributed by atoms with Gasteiger partial charge in [0.2, 0.25) is 6.41 Å². The van der Waals surface area contributed by atoms with E-state index >= 15 is 0 Å². The Morgan fingerprint density at radius 1 is 1.00 bits per heavy atom. The van der Waals surface area contributed by atoms with Crippen LogP contribution in [0.4, 0.5) is 5.82 Å². The van der Waals surface area contributed by atoms with Gasteiger partial charge in [-0.15, -0.1) is 0 Å². The lowest BCUT2D eigenvalue weighted by atomic mass is 9.85. The number of likely N-dealkylation sites (N-methyl/N-ethyl adjacent to an activating group) is 1. The number of esters is 1. The molecule has 1 heterocycles. The lowest BCUT2D eigenvalue weighted by Crippen LogP contribution is -2.22. The number of carbonyl (C=O) groups excluding carboxylic acids is 2. The van der Waals surface area contributed by atoms with Crippen molar-refractivity contribution in [1.29, 1.82) is 0 Å². The maximum atomic E-state index is 11.2. The van der Waals surface area contributed by atoms with Crippen LogP contribution in [0.15, 0.2) is 54.7 Å². The molecule has 42 heavy (non-hydrogen) atoms. The van der Waals surface area contributed by atoms with Crippen molar-refractivity contribution in [1.82, 2.24) is 10.3 Å². The zero-order chi connectivity index (χ0) is 31.1. The Morgan fingerprint density at radius 3 is 2.24 bits per heavy atom. The van der Waals surface area contributed by atoms with Gasteiger partial charge in [-0.3, -0.25) is 9.59 Å². The fourth-order valence-electron chi connectivity index (χ4n) is 4.03. The van der Waals surface area contributed by atoms with Crippen molar-refractivity contribution in [2.24, 2.45) is 11.8 Å². The number of phenolic OH excluding ortho intramolecular Hbond substituents is 3. The van der Waals surface area contributed by atoms with E-state index in [1.807, 2.05) is 18.2 Å². The number of aromatic nitrogens is 1. The van der Waals surface area contributed by atoms with Gasteiger partial charge in [-0.25, -0.2) is 4.98 Å². The fourth-order valence-corrected chi connectivity index (χ4v) is 4.03. The van der Waals surface area contributed by atoms with Crippen molar-refractivity contribution >= 4 is 18.2 Å². The quantitative estimate of drug-likeness (QED) is 0.0955. The van der Waals surface area contributed by atoms with E-state index in [1.54, 1.807) is 44.6 Å². The Kier molecular flexibility index (Phi) is 14.1. The molecule has 0 saturated heterocycles. The predicted octanol–water partition coefficient (Wildman–Crippen LogP) is 3.78. The molecule has 228 valence electrons. The zero-order valence-corrected chi connectivity index (χ0v) is 24.7. The summed E-state index contributed by atoms with van der Waals surface area (Å²) in [6.07, 6.45) is 3.88. The second-order valence-electron chi connectivity index (χ2n) is 9.93. The molecule has 0 aliphatic rings. The smallest absolute Gasteiger partial charge is 0.320 e. The normalized spacial score (nSPS) is 11.9. The maximum Gasteiger partial charge on any atom is 0.320 e. The van der Waals surface area contributed by atoms with Gasteiger partial charge in [0.05, 0.1) is 6.54 Å². The van der Waals surface area contributed by atoms with E-state index in [2.05, 4.69) is 24.1 Å². The summed E-state index contributed by atoms with van der Waals surface area (Å²) in [4.78, 5) is 27.2. The van der Waals surface area contributed by atoms with Crippen molar-refractivity contribution in [3.63, 3.8) is 0 Å². The highest BCUT2D eigenvalue weighted by atomic mass is 16.7. The maximum absolute atomic E-state index is 11.2. The number of carbonyl (C=O) groups is 2. The zero-order valence-electron chi connectivity index (χ0n) is 24.7. The first kappa shape index (κ1) is 33.9.